The number of hydrogen-bond acceptors (Lipinski definition) is 0. The molecule has 0 aromatic carbocycles. The third kappa shape index (κ3) is 9.06. The summed E-state index contributed by atoms with van der Waals surface area (Å²) in [5.74, 6) is 0.976. The normalized spacial score (nSPS) is 13.7. The quantitative estimate of drug-likeness (QED) is 0.257. The Balaban J connectivity index is 3.65. The van der Waals surface area contributed by atoms with E-state index in [0.717, 1.165) is 5.92 Å². The van der Waals surface area contributed by atoms with Gasteiger partial charge in [0, 0.05) is 7.26 Å². The van der Waals surface area contributed by atoms with Gasteiger partial charge >= 0.3 is 0 Å². The fourth-order valence-electron chi connectivity index (χ4n) is 3.26. The first kappa shape index (κ1) is 19.4. The van der Waals surface area contributed by atoms with Gasteiger partial charge in [-0.05, 0) is 33.1 Å². The minimum Gasteiger partial charge on any atom is -0.0654 e. The Morgan fingerprint density at radius 2 is 1.16 bits per heavy atom. The van der Waals surface area contributed by atoms with Crippen LogP contribution in [0.5, 0.6) is 0 Å². The molecule has 0 N–H and O–H groups in total. The largest absolute Gasteiger partial charge is 0.0654 e. The van der Waals surface area contributed by atoms with E-state index in [1.54, 1.807) is 6.16 Å². The van der Waals surface area contributed by atoms with Crippen LogP contribution in [0.2, 0.25) is 0 Å². The van der Waals surface area contributed by atoms with Gasteiger partial charge in [-0.3, -0.25) is 0 Å². The minimum atomic E-state index is -0.565. The number of unbranched alkanes of at least 4 members (excludes halogenated alkanes) is 6. The molecule has 0 aliphatic carbocycles. The van der Waals surface area contributed by atoms with E-state index >= 15 is 0 Å². The summed E-state index contributed by atoms with van der Waals surface area (Å²) in [6.07, 6.45) is 17.6. The highest BCUT2D eigenvalue weighted by Gasteiger charge is 2.32. The maximum absolute atomic E-state index is 2.51. The van der Waals surface area contributed by atoms with E-state index in [4.69, 9.17) is 0 Å². The highest BCUT2D eigenvalue weighted by molar-refractivity contribution is 7.75. The molecule has 0 radical (unpaired) electrons. The molecule has 0 fully saturated rings. The summed E-state index contributed by atoms with van der Waals surface area (Å²) in [5.41, 5.74) is 0. The van der Waals surface area contributed by atoms with Crippen molar-refractivity contribution in [3.05, 3.63) is 0 Å². The third-order valence-corrected chi connectivity index (χ3v) is 10.4. The van der Waals surface area contributed by atoms with Crippen LogP contribution in [-0.4, -0.2) is 24.6 Å². The average Bonchev–Trinajstić information content (AvgIpc) is 2.44. The Labute approximate surface area is 124 Å². The molecular weight excluding hydrogens is 247 g/mol. The molecule has 0 heterocycles. The summed E-state index contributed by atoms with van der Waals surface area (Å²) in [6.45, 7) is 12.1. The molecular formula is C18H40P+. The SMILES string of the molecule is CCCCCCCCCC(C)C[P+](CC)(CC)CC. The summed E-state index contributed by atoms with van der Waals surface area (Å²) in [5, 5.41) is 0. The van der Waals surface area contributed by atoms with Gasteiger partial charge in [-0.15, -0.1) is 0 Å². The van der Waals surface area contributed by atoms with Crippen molar-refractivity contribution >= 4 is 7.26 Å². The van der Waals surface area contributed by atoms with Crippen LogP contribution >= 0.6 is 7.26 Å². The van der Waals surface area contributed by atoms with Crippen molar-refractivity contribution in [2.75, 3.05) is 24.6 Å². The lowest BCUT2D eigenvalue weighted by atomic mass is 10.0. The number of hydrogen-bond donors (Lipinski definition) is 0. The molecule has 1 atom stereocenters. The molecule has 0 nitrogen and oxygen atoms in total. The van der Waals surface area contributed by atoms with Gasteiger partial charge in [-0.25, -0.2) is 0 Å². The minimum absolute atomic E-state index is 0.565. The van der Waals surface area contributed by atoms with E-state index < -0.39 is 7.26 Å². The molecule has 0 aromatic heterocycles. The topological polar surface area (TPSA) is 0 Å². The predicted molar refractivity (Wildman–Crippen MR) is 95.2 cm³/mol. The second kappa shape index (κ2) is 12.2. The number of rotatable bonds is 13. The van der Waals surface area contributed by atoms with Crippen molar-refractivity contribution in [3.63, 3.8) is 0 Å². The molecule has 0 aliphatic heterocycles. The van der Waals surface area contributed by atoms with E-state index in [9.17, 15) is 0 Å². The molecule has 1 heteroatoms. The first-order chi connectivity index (χ1) is 9.14. The van der Waals surface area contributed by atoms with Crippen LogP contribution in [0, 0.1) is 5.92 Å². The zero-order valence-electron chi connectivity index (χ0n) is 14.5. The Morgan fingerprint density at radius 1 is 0.684 bits per heavy atom. The second-order valence-corrected chi connectivity index (χ2v) is 11.4. The maximum atomic E-state index is 2.51. The van der Waals surface area contributed by atoms with Gasteiger partial charge in [0.2, 0.25) is 0 Å². The summed E-state index contributed by atoms with van der Waals surface area (Å²) >= 11 is 0. The second-order valence-electron chi connectivity index (χ2n) is 6.49. The van der Waals surface area contributed by atoms with Gasteiger partial charge < -0.3 is 0 Å². The average molecular weight is 287 g/mol. The maximum Gasteiger partial charge on any atom is 0.0619 e. The first-order valence-corrected chi connectivity index (χ1v) is 11.5. The highest BCUT2D eigenvalue weighted by atomic mass is 31.2. The molecule has 0 saturated carbocycles. The van der Waals surface area contributed by atoms with Gasteiger partial charge in [0.25, 0.3) is 0 Å². The van der Waals surface area contributed by atoms with Gasteiger partial charge in [0.15, 0.2) is 0 Å². The lowest BCUT2D eigenvalue weighted by Crippen LogP contribution is -2.13. The van der Waals surface area contributed by atoms with Gasteiger partial charge in [0.05, 0.1) is 24.6 Å². The molecule has 0 amide bonds. The molecule has 0 aliphatic rings. The van der Waals surface area contributed by atoms with E-state index in [1.807, 2.05) is 0 Å². The molecule has 0 rings (SSSR count). The smallest absolute Gasteiger partial charge is 0.0619 e. The fraction of sp³-hybridized carbons (Fsp3) is 1.00. The predicted octanol–water partition coefficient (Wildman–Crippen LogP) is 6.84. The fourth-order valence-corrected chi connectivity index (χ4v) is 6.88. The van der Waals surface area contributed by atoms with Crippen molar-refractivity contribution in [2.24, 2.45) is 5.92 Å². The van der Waals surface area contributed by atoms with Crippen LogP contribution in [-0.2, 0) is 0 Å². The van der Waals surface area contributed by atoms with Crippen LogP contribution in [0.4, 0.5) is 0 Å². The summed E-state index contributed by atoms with van der Waals surface area (Å²) in [6, 6.07) is 0. The zero-order valence-corrected chi connectivity index (χ0v) is 15.4. The monoisotopic (exact) mass is 287 g/mol. The van der Waals surface area contributed by atoms with Gasteiger partial charge in [0.1, 0.15) is 0 Å². The van der Waals surface area contributed by atoms with Gasteiger partial charge in [-0.2, -0.15) is 0 Å². The molecule has 116 valence electrons. The van der Waals surface area contributed by atoms with E-state index in [-0.39, 0.29) is 0 Å². The Kier molecular flexibility index (Phi) is 12.5. The van der Waals surface area contributed by atoms with Crippen LogP contribution < -0.4 is 0 Å². The molecule has 0 spiro atoms. The van der Waals surface area contributed by atoms with E-state index in [0.29, 0.717) is 0 Å². The van der Waals surface area contributed by atoms with Crippen molar-refractivity contribution < 1.29 is 0 Å². The van der Waals surface area contributed by atoms with Crippen molar-refractivity contribution in [2.45, 2.75) is 86.0 Å². The van der Waals surface area contributed by atoms with Crippen LogP contribution in [0.15, 0.2) is 0 Å². The summed E-state index contributed by atoms with van der Waals surface area (Å²) in [7, 11) is -0.565. The van der Waals surface area contributed by atoms with Crippen LogP contribution in [0.25, 0.3) is 0 Å². The summed E-state index contributed by atoms with van der Waals surface area (Å²) < 4.78 is 0. The zero-order chi connectivity index (χ0) is 14.6. The van der Waals surface area contributed by atoms with E-state index in [2.05, 4.69) is 34.6 Å². The van der Waals surface area contributed by atoms with E-state index in [1.165, 1.54) is 69.9 Å². The standard InChI is InChI=1S/C18H40P/c1-6-10-11-12-13-14-15-16-18(5)17-19(7-2,8-3)9-4/h18H,6-17H2,1-5H3/q+1. The van der Waals surface area contributed by atoms with Crippen molar-refractivity contribution in [3.8, 4) is 0 Å². The lowest BCUT2D eigenvalue weighted by molar-refractivity contribution is 0.513. The molecule has 19 heavy (non-hydrogen) atoms. The first-order valence-electron chi connectivity index (χ1n) is 8.99. The molecule has 1 unspecified atom stereocenters. The highest BCUT2D eigenvalue weighted by Crippen LogP contribution is 2.59. The van der Waals surface area contributed by atoms with Crippen molar-refractivity contribution in [1.29, 1.82) is 0 Å². The van der Waals surface area contributed by atoms with Crippen LogP contribution in [0.1, 0.15) is 86.0 Å². The van der Waals surface area contributed by atoms with Crippen LogP contribution in [0.3, 0.4) is 0 Å². The molecule has 0 aromatic rings. The Bertz CT molecular complexity index is 176. The third-order valence-electron chi connectivity index (χ3n) is 5.01. The molecule has 0 saturated heterocycles. The molecule has 0 bridgehead atoms. The Morgan fingerprint density at radius 3 is 1.63 bits per heavy atom. The lowest BCUT2D eigenvalue weighted by Gasteiger charge is -2.26. The Hall–Kier alpha value is 0.430. The van der Waals surface area contributed by atoms with Gasteiger partial charge in [-0.1, -0.05) is 58.8 Å². The summed E-state index contributed by atoms with van der Waals surface area (Å²) in [4.78, 5) is 0. The van der Waals surface area contributed by atoms with Crippen molar-refractivity contribution in [1.82, 2.24) is 0 Å².